The number of benzene rings is 1. The minimum absolute atomic E-state index is 0.139. The number of halogens is 1. The average Bonchev–Trinajstić information content (AvgIpc) is 2.95. The number of furan rings is 1. The van der Waals surface area contributed by atoms with E-state index < -0.39 is 0 Å². The first-order valence-electron chi connectivity index (χ1n) is 6.03. The van der Waals surface area contributed by atoms with Crippen LogP contribution in [0.2, 0.25) is 0 Å². The number of carbonyl (C=O) groups is 1. The molecule has 0 saturated heterocycles. The summed E-state index contributed by atoms with van der Waals surface area (Å²) >= 11 is 0. The highest BCUT2D eigenvalue weighted by atomic mass is 19.1. The third kappa shape index (κ3) is 2.40. The first kappa shape index (κ1) is 12.4. The topological polar surface area (TPSA) is 55.0 Å². The quantitative estimate of drug-likeness (QED) is 0.861. The minimum Gasteiger partial charge on any atom is -0.461 e. The Kier molecular flexibility index (Phi) is 3.20. The lowest BCUT2D eigenvalue weighted by Crippen LogP contribution is -2.42. The molecule has 1 aliphatic rings. The smallest absolute Gasteiger partial charge is 0.269 e. The van der Waals surface area contributed by atoms with E-state index in [1.54, 1.807) is 24.3 Å². The van der Waals surface area contributed by atoms with Crippen LogP contribution in [0.25, 0.3) is 0 Å². The van der Waals surface area contributed by atoms with Crippen molar-refractivity contribution in [1.82, 2.24) is 4.90 Å². The molecular formula is C14H11FN2O3. The number of hydrogen-bond acceptors (Lipinski definition) is 4. The van der Waals surface area contributed by atoms with Gasteiger partial charge in [0, 0.05) is 0 Å². The molecule has 1 aromatic carbocycles. The van der Waals surface area contributed by atoms with Crippen LogP contribution in [-0.4, -0.2) is 23.2 Å². The van der Waals surface area contributed by atoms with Crippen molar-refractivity contribution in [3.63, 3.8) is 0 Å². The minimum atomic E-state index is -0.348. The van der Waals surface area contributed by atoms with E-state index in [1.165, 1.54) is 23.3 Å². The number of amidine groups is 1. The number of amides is 1. The van der Waals surface area contributed by atoms with Crippen LogP contribution in [0.3, 0.4) is 0 Å². The third-order valence-corrected chi connectivity index (χ3v) is 2.87. The zero-order chi connectivity index (χ0) is 13.9. The highest BCUT2D eigenvalue weighted by Gasteiger charge is 2.28. The van der Waals surface area contributed by atoms with Crippen LogP contribution in [0.15, 0.2) is 52.2 Å². The second-order valence-corrected chi connectivity index (χ2v) is 4.28. The van der Waals surface area contributed by atoms with Gasteiger partial charge in [0.2, 0.25) is 5.84 Å². The second-order valence-electron chi connectivity index (χ2n) is 4.28. The van der Waals surface area contributed by atoms with Crippen LogP contribution in [0.5, 0.6) is 0 Å². The van der Waals surface area contributed by atoms with E-state index in [2.05, 4.69) is 5.16 Å². The summed E-state index contributed by atoms with van der Waals surface area (Å²) in [6.07, 6.45) is 1.48. The summed E-state index contributed by atoms with van der Waals surface area (Å²) in [7, 11) is 0. The first-order chi connectivity index (χ1) is 9.74. The molecule has 1 amide bonds. The Balaban J connectivity index is 1.90. The van der Waals surface area contributed by atoms with Gasteiger partial charge in [-0.3, -0.25) is 9.69 Å². The van der Waals surface area contributed by atoms with Gasteiger partial charge in [-0.1, -0.05) is 17.3 Å². The third-order valence-electron chi connectivity index (χ3n) is 2.87. The molecule has 0 bridgehead atoms. The van der Waals surface area contributed by atoms with Crippen LogP contribution >= 0.6 is 0 Å². The monoisotopic (exact) mass is 274 g/mol. The molecule has 0 atom stereocenters. The molecular weight excluding hydrogens is 263 g/mol. The fourth-order valence-corrected chi connectivity index (χ4v) is 1.96. The predicted octanol–water partition coefficient (Wildman–Crippen LogP) is 2.14. The standard InChI is InChI=1S/C14H11FN2O3/c15-11-4-1-3-10(7-11)8-17-13(18)9-20-16-14(17)12-5-2-6-19-12/h1-7H,8-9H2. The molecule has 1 aromatic heterocycles. The lowest BCUT2D eigenvalue weighted by Gasteiger charge is -2.25. The maximum Gasteiger partial charge on any atom is 0.269 e. The summed E-state index contributed by atoms with van der Waals surface area (Å²) in [6.45, 7) is 0.0685. The Bertz CT molecular complexity index is 652. The zero-order valence-corrected chi connectivity index (χ0v) is 10.5. The van der Waals surface area contributed by atoms with Gasteiger partial charge in [-0.15, -0.1) is 0 Å². The van der Waals surface area contributed by atoms with Gasteiger partial charge in [-0.2, -0.15) is 0 Å². The normalized spacial score (nSPS) is 14.9. The fourth-order valence-electron chi connectivity index (χ4n) is 1.96. The van der Waals surface area contributed by atoms with Crippen molar-refractivity contribution >= 4 is 11.7 Å². The van der Waals surface area contributed by atoms with E-state index in [1.807, 2.05) is 0 Å². The van der Waals surface area contributed by atoms with E-state index >= 15 is 0 Å². The fraction of sp³-hybridized carbons (Fsp3) is 0.143. The molecule has 1 aliphatic heterocycles. The Hall–Kier alpha value is -2.63. The summed E-state index contributed by atoms with van der Waals surface area (Å²) in [5.41, 5.74) is 0.666. The van der Waals surface area contributed by atoms with Gasteiger partial charge in [0.25, 0.3) is 5.91 Å². The lowest BCUT2D eigenvalue weighted by molar-refractivity contribution is -0.135. The van der Waals surface area contributed by atoms with Crippen molar-refractivity contribution in [3.05, 3.63) is 59.8 Å². The van der Waals surface area contributed by atoms with Gasteiger partial charge >= 0.3 is 0 Å². The number of nitrogens with zero attached hydrogens (tertiary/aromatic N) is 2. The molecule has 2 heterocycles. The highest BCUT2D eigenvalue weighted by Crippen LogP contribution is 2.16. The molecule has 0 aliphatic carbocycles. The number of carbonyl (C=O) groups excluding carboxylic acids is 1. The maximum absolute atomic E-state index is 13.2. The second kappa shape index (κ2) is 5.16. The van der Waals surface area contributed by atoms with Crippen molar-refractivity contribution in [2.24, 2.45) is 5.16 Å². The average molecular weight is 274 g/mol. The van der Waals surface area contributed by atoms with Gasteiger partial charge in [-0.05, 0) is 29.8 Å². The first-order valence-corrected chi connectivity index (χ1v) is 6.03. The molecule has 20 heavy (non-hydrogen) atoms. The molecule has 3 rings (SSSR count). The van der Waals surface area contributed by atoms with E-state index in [-0.39, 0.29) is 30.7 Å². The predicted molar refractivity (Wildman–Crippen MR) is 68.1 cm³/mol. The highest BCUT2D eigenvalue weighted by molar-refractivity contribution is 6.07. The summed E-state index contributed by atoms with van der Waals surface area (Å²) in [4.78, 5) is 18.3. The van der Waals surface area contributed by atoms with Crippen molar-refractivity contribution in [1.29, 1.82) is 0 Å². The molecule has 6 heteroatoms. The van der Waals surface area contributed by atoms with Gasteiger partial charge in [0.1, 0.15) is 5.82 Å². The SMILES string of the molecule is O=C1CON=C(c2ccco2)N1Cc1cccc(F)c1. The summed E-state index contributed by atoms with van der Waals surface area (Å²) in [6, 6.07) is 9.44. The molecule has 5 nitrogen and oxygen atoms in total. The molecule has 0 saturated carbocycles. The summed E-state index contributed by atoms with van der Waals surface area (Å²) in [5, 5.41) is 3.86. The lowest BCUT2D eigenvalue weighted by atomic mass is 10.2. The summed E-state index contributed by atoms with van der Waals surface area (Å²) in [5.74, 6) is 0.111. The van der Waals surface area contributed by atoms with E-state index in [4.69, 9.17) is 9.25 Å². The van der Waals surface area contributed by atoms with Crippen molar-refractivity contribution in [2.45, 2.75) is 6.54 Å². The molecule has 0 spiro atoms. The van der Waals surface area contributed by atoms with Crippen LogP contribution in [-0.2, 0) is 16.2 Å². The van der Waals surface area contributed by atoms with Crippen molar-refractivity contribution < 1.29 is 18.4 Å². The number of hydrogen-bond donors (Lipinski definition) is 0. The van der Waals surface area contributed by atoms with Crippen LogP contribution < -0.4 is 0 Å². The van der Waals surface area contributed by atoms with Crippen LogP contribution in [0.1, 0.15) is 11.3 Å². The summed E-state index contributed by atoms with van der Waals surface area (Å²) < 4.78 is 18.4. The van der Waals surface area contributed by atoms with Gasteiger partial charge in [-0.25, -0.2) is 4.39 Å². The van der Waals surface area contributed by atoms with Crippen molar-refractivity contribution in [2.75, 3.05) is 6.61 Å². The van der Waals surface area contributed by atoms with Gasteiger partial charge in [0.15, 0.2) is 12.4 Å². The molecule has 2 aromatic rings. The molecule has 102 valence electrons. The Morgan fingerprint density at radius 3 is 2.95 bits per heavy atom. The molecule has 0 fully saturated rings. The van der Waals surface area contributed by atoms with Crippen LogP contribution in [0.4, 0.5) is 4.39 Å². The Morgan fingerprint density at radius 2 is 2.20 bits per heavy atom. The van der Waals surface area contributed by atoms with Crippen LogP contribution in [0, 0.1) is 5.82 Å². The zero-order valence-electron chi connectivity index (χ0n) is 10.5. The van der Waals surface area contributed by atoms with Gasteiger partial charge < -0.3 is 9.25 Å². The Labute approximate surface area is 114 Å². The molecule has 0 unspecified atom stereocenters. The van der Waals surface area contributed by atoms with Crippen molar-refractivity contribution in [3.8, 4) is 0 Å². The largest absolute Gasteiger partial charge is 0.461 e. The molecule has 0 N–H and O–H groups in total. The Morgan fingerprint density at radius 1 is 1.30 bits per heavy atom. The molecule has 0 radical (unpaired) electrons. The number of oxime groups is 1. The maximum atomic E-state index is 13.2. The van der Waals surface area contributed by atoms with E-state index in [9.17, 15) is 9.18 Å². The number of rotatable bonds is 3. The van der Waals surface area contributed by atoms with Gasteiger partial charge in [0.05, 0.1) is 12.8 Å². The van der Waals surface area contributed by atoms with E-state index in [0.29, 0.717) is 11.3 Å². The van der Waals surface area contributed by atoms with E-state index in [0.717, 1.165) is 0 Å².